The van der Waals surface area contributed by atoms with Crippen molar-refractivity contribution < 1.29 is 9.50 Å². The first-order valence-corrected chi connectivity index (χ1v) is 5.13. The zero-order valence-electron chi connectivity index (χ0n) is 8.33. The summed E-state index contributed by atoms with van der Waals surface area (Å²) in [5.74, 6) is 0.340. The summed E-state index contributed by atoms with van der Waals surface area (Å²) in [4.78, 5) is 0. The van der Waals surface area contributed by atoms with E-state index in [0.29, 0.717) is 5.92 Å². The molecular weight excluding hydrogens is 179 g/mol. The van der Waals surface area contributed by atoms with Gasteiger partial charge in [-0.2, -0.15) is 0 Å². The van der Waals surface area contributed by atoms with Gasteiger partial charge in [0.2, 0.25) is 0 Å². The van der Waals surface area contributed by atoms with Crippen LogP contribution in [-0.2, 0) is 0 Å². The number of rotatable bonds is 3. The maximum atomic E-state index is 13.6. The van der Waals surface area contributed by atoms with E-state index >= 15 is 0 Å². The van der Waals surface area contributed by atoms with Gasteiger partial charge in [-0.25, -0.2) is 4.39 Å². The Morgan fingerprint density at radius 2 is 2.21 bits per heavy atom. The van der Waals surface area contributed by atoms with Gasteiger partial charge in [0.05, 0.1) is 0 Å². The standard InChI is InChI=1S/C12H15FO/c1-8(7-14)10-3-2-4-11(13)12(10)9-5-6-9/h2-4,8-9,14H,5-7H2,1H3. The van der Waals surface area contributed by atoms with E-state index in [0.717, 1.165) is 24.0 Å². The van der Waals surface area contributed by atoms with E-state index in [2.05, 4.69) is 0 Å². The van der Waals surface area contributed by atoms with E-state index in [1.807, 2.05) is 13.0 Å². The Morgan fingerprint density at radius 1 is 1.50 bits per heavy atom. The van der Waals surface area contributed by atoms with Gasteiger partial charge >= 0.3 is 0 Å². The fourth-order valence-electron chi connectivity index (χ4n) is 1.88. The minimum Gasteiger partial charge on any atom is -0.396 e. The maximum Gasteiger partial charge on any atom is 0.126 e. The maximum absolute atomic E-state index is 13.6. The summed E-state index contributed by atoms with van der Waals surface area (Å²) in [6.45, 7) is 2.02. The summed E-state index contributed by atoms with van der Waals surface area (Å²) >= 11 is 0. The van der Waals surface area contributed by atoms with Crippen LogP contribution < -0.4 is 0 Å². The average molecular weight is 194 g/mol. The second-order valence-electron chi connectivity index (χ2n) is 4.10. The molecule has 0 amide bonds. The van der Waals surface area contributed by atoms with Crippen LogP contribution in [0, 0.1) is 5.82 Å². The first-order valence-electron chi connectivity index (χ1n) is 5.13. The summed E-state index contributed by atoms with van der Waals surface area (Å²) in [6.07, 6.45) is 2.18. The monoisotopic (exact) mass is 194 g/mol. The topological polar surface area (TPSA) is 20.2 Å². The zero-order chi connectivity index (χ0) is 10.1. The van der Waals surface area contributed by atoms with Gasteiger partial charge < -0.3 is 5.11 Å². The Kier molecular flexibility index (Phi) is 2.55. The van der Waals surface area contributed by atoms with Crippen molar-refractivity contribution in [3.05, 3.63) is 35.1 Å². The minimum absolute atomic E-state index is 0.0429. The predicted molar refractivity (Wildman–Crippen MR) is 53.9 cm³/mol. The molecule has 1 unspecified atom stereocenters. The van der Waals surface area contributed by atoms with Crippen LogP contribution in [0.3, 0.4) is 0 Å². The van der Waals surface area contributed by atoms with Crippen molar-refractivity contribution in [1.29, 1.82) is 0 Å². The highest BCUT2D eigenvalue weighted by molar-refractivity contribution is 5.36. The second kappa shape index (κ2) is 3.70. The first kappa shape index (κ1) is 9.66. The van der Waals surface area contributed by atoms with Crippen LogP contribution in [0.4, 0.5) is 4.39 Å². The van der Waals surface area contributed by atoms with Crippen molar-refractivity contribution >= 4 is 0 Å². The number of aliphatic hydroxyl groups is 1. The third kappa shape index (κ3) is 1.67. The predicted octanol–water partition coefficient (Wildman–Crippen LogP) is 2.80. The van der Waals surface area contributed by atoms with Crippen LogP contribution in [0.25, 0.3) is 0 Å². The summed E-state index contributed by atoms with van der Waals surface area (Å²) < 4.78 is 13.6. The third-order valence-electron chi connectivity index (χ3n) is 2.88. The lowest BCUT2D eigenvalue weighted by Gasteiger charge is -2.14. The second-order valence-corrected chi connectivity index (χ2v) is 4.10. The SMILES string of the molecule is CC(CO)c1cccc(F)c1C1CC1. The van der Waals surface area contributed by atoms with Crippen LogP contribution in [-0.4, -0.2) is 11.7 Å². The van der Waals surface area contributed by atoms with E-state index in [-0.39, 0.29) is 18.3 Å². The highest BCUT2D eigenvalue weighted by Crippen LogP contribution is 2.44. The molecule has 1 aromatic rings. The molecule has 0 saturated heterocycles. The van der Waals surface area contributed by atoms with E-state index in [9.17, 15) is 4.39 Å². The Balaban J connectivity index is 2.41. The van der Waals surface area contributed by atoms with Gasteiger partial charge in [0.15, 0.2) is 0 Å². The summed E-state index contributed by atoms with van der Waals surface area (Å²) in [6, 6.07) is 5.17. The van der Waals surface area contributed by atoms with Crippen LogP contribution in [0.1, 0.15) is 42.7 Å². The van der Waals surface area contributed by atoms with Gasteiger partial charge in [-0.1, -0.05) is 19.1 Å². The molecule has 0 spiro atoms. The molecule has 1 N–H and O–H groups in total. The van der Waals surface area contributed by atoms with Crippen molar-refractivity contribution in [3.8, 4) is 0 Å². The zero-order valence-corrected chi connectivity index (χ0v) is 8.33. The van der Waals surface area contributed by atoms with Crippen molar-refractivity contribution in [2.24, 2.45) is 0 Å². The van der Waals surface area contributed by atoms with Gasteiger partial charge in [0.1, 0.15) is 5.82 Å². The van der Waals surface area contributed by atoms with Gasteiger partial charge in [-0.3, -0.25) is 0 Å². The van der Waals surface area contributed by atoms with Crippen LogP contribution in [0.2, 0.25) is 0 Å². The highest BCUT2D eigenvalue weighted by Gasteiger charge is 2.29. The number of hydrogen-bond acceptors (Lipinski definition) is 1. The highest BCUT2D eigenvalue weighted by atomic mass is 19.1. The molecule has 1 fully saturated rings. The Hall–Kier alpha value is -0.890. The third-order valence-corrected chi connectivity index (χ3v) is 2.88. The molecule has 0 radical (unpaired) electrons. The van der Waals surface area contributed by atoms with E-state index < -0.39 is 0 Å². The summed E-state index contributed by atoms with van der Waals surface area (Å²) in [7, 11) is 0. The van der Waals surface area contributed by atoms with Crippen LogP contribution in [0.5, 0.6) is 0 Å². The number of halogens is 1. The average Bonchev–Trinajstić information content (AvgIpc) is 3.00. The number of aliphatic hydroxyl groups excluding tert-OH is 1. The molecule has 1 nitrogen and oxygen atoms in total. The van der Waals surface area contributed by atoms with Gasteiger partial charge in [-0.15, -0.1) is 0 Å². The molecule has 0 aliphatic heterocycles. The molecule has 14 heavy (non-hydrogen) atoms. The lowest BCUT2D eigenvalue weighted by Crippen LogP contribution is -2.04. The van der Waals surface area contributed by atoms with Crippen LogP contribution >= 0.6 is 0 Å². The fraction of sp³-hybridized carbons (Fsp3) is 0.500. The van der Waals surface area contributed by atoms with E-state index in [1.165, 1.54) is 6.07 Å². The molecule has 2 rings (SSSR count). The molecule has 1 saturated carbocycles. The quantitative estimate of drug-likeness (QED) is 0.784. The molecule has 1 aromatic carbocycles. The van der Waals surface area contributed by atoms with Crippen molar-refractivity contribution in [2.45, 2.75) is 31.6 Å². The molecule has 0 heterocycles. The molecule has 2 heteroatoms. The largest absolute Gasteiger partial charge is 0.396 e. The van der Waals surface area contributed by atoms with Crippen molar-refractivity contribution in [2.75, 3.05) is 6.61 Å². The summed E-state index contributed by atoms with van der Waals surface area (Å²) in [5, 5.41) is 9.08. The molecule has 76 valence electrons. The molecule has 1 aliphatic rings. The Morgan fingerprint density at radius 3 is 2.79 bits per heavy atom. The summed E-state index contributed by atoms with van der Waals surface area (Å²) in [5.41, 5.74) is 1.82. The fourth-order valence-corrected chi connectivity index (χ4v) is 1.88. The van der Waals surface area contributed by atoms with Gasteiger partial charge in [-0.05, 0) is 36.0 Å². The number of hydrogen-bond donors (Lipinski definition) is 1. The molecule has 0 bridgehead atoms. The van der Waals surface area contributed by atoms with Gasteiger partial charge in [0.25, 0.3) is 0 Å². The van der Waals surface area contributed by atoms with Crippen molar-refractivity contribution in [3.63, 3.8) is 0 Å². The van der Waals surface area contributed by atoms with E-state index in [4.69, 9.17) is 5.11 Å². The van der Waals surface area contributed by atoms with E-state index in [1.54, 1.807) is 6.07 Å². The normalized spacial score (nSPS) is 18.2. The molecule has 1 atom stereocenters. The lowest BCUT2D eigenvalue weighted by atomic mass is 9.93. The Labute approximate surface area is 83.6 Å². The lowest BCUT2D eigenvalue weighted by molar-refractivity contribution is 0.272. The number of benzene rings is 1. The molecule has 0 aromatic heterocycles. The molecular formula is C12H15FO. The first-order chi connectivity index (χ1) is 6.74. The molecule has 1 aliphatic carbocycles. The smallest absolute Gasteiger partial charge is 0.126 e. The van der Waals surface area contributed by atoms with Crippen LogP contribution in [0.15, 0.2) is 18.2 Å². The van der Waals surface area contributed by atoms with Crippen molar-refractivity contribution in [1.82, 2.24) is 0 Å². The minimum atomic E-state index is -0.106. The van der Waals surface area contributed by atoms with Gasteiger partial charge in [0, 0.05) is 12.5 Å². The Bertz CT molecular complexity index is 331.